The number of ether oxygens (including phenoxy) is 3. The second-order valence-electron chi connectivity index (χ2n) is 8.95. The molecule has 3 aliphatic carbocycles. The molecule has 6 rings (SSSR count). The number of rotatable bonds is 7. The van der Waals surface area contributed by atoms with Crippen LogP contribution in [-0.4, -0.2) is 52.0 Å². The molecule has 0 spiro atoms. The van der Waals surface area contributed by atoms with E-state index < -0.39 is 48.3 Å². The molecule has 34 heavy (non-hydrogen) atoms. The summed E-state index contributed by atoms with van der Waals surface area (Å²) in [4.78, 5) is 12.8. The van der Waals surface area contributed by atoms with Crippen molar-refractivity contribution in [3.05, 3.63) is 41.7 Å². The van der Waals surface area contributed by atoms with Gasteiger partial charge in [-0.15, -0.1) is 13.2 Å². The SMILES string of the molecule is O=C(NC12CC(n3cc(OCCOC(F)(F)F)cn3)(C1)C2)[C@H]1C[C@@H](O)c2cc(F)c(F)cc2O1. The number of carbonyl (C=O) groups excluding carboxylic acids is 1. The van der Waals surface area contributed by atoms with Gasteiger partial charge in [0, 0.05) is 23.6 Å². The first kappa shape index (κ1) is 22.8. The van der Waals surface area contributed by atoms with Crippen LogP contribution in [0.5, 0.6) is 11.5 Å². The zero-order chi connectivity index (χ0) is 24.3. The third kappa shape index (κ3) is 4.06. The maximum absolute atomic E-state index is 13.5. The van der Waals surface area contributed by atoms with Gasteiger partial charge in [0.25, 0.3) is 5.91 Å². The molecule has 3 saturated carbocycles. The number of fused-ring (bicyclic) bond motifs is 1. The van der Waals surface area contributed by atoms with Crippen LogP contribution >= 0.6 is 0 Å². The van der Waals surface area contributed by atoms with Gasteiger partial charge in [0.1, 0.15) is 12.4 Å². The zero-order valence-corrected chi connectivity index (χ0v) is 17.6. The Bertz CT molecular complexity index is 1100. The van der Waals surface area contributed by atoms with Crippen LogP contribution in [0.25, 0.3) is 0 Å². The van der Waals surface area contributed by atoms with Crippen molar-refractivity contribution < 1.29 is 46.1 Å². The van der Waals surface area contributed by atoms with Gasteiger partial charge in [0.05, 0.1) is 30.6 Å². The van der Waals surface area contributed by atoms with Crippen LogP contribution in [0.1, 0.15) is 37.4 Å². The van der Waals surface area contributed by atoms with Gasteiger partial charge in [-0.3, -0.25) is 14.2 Å². The molecule has 0 saturated heterocycles. The average Bonchev–Trinajstić information content (AvgIpc) is 3.16. The zero-order valence-electron chi connectivity index (χ0n) is 17.6. The van der Waals surface area contributed by atoms with Crippen molar-refractivity contribution in [2.45, 2.75) is 55.3 Å². The molecule has 1 aromatic heterocycles. The summed E-state index contributed by atoms with van der Waals surface area (Å²) >= 11 is 0. The first-order valence-corrected chi connectivity index (χ1v) is 10.5. The number of aliphatic hydroxyl groups excluding tert-OH is 1. The molecule has 1 amide bonds. The second-order valence-corrected chi connectivity index (χ2v) is 8.95. The molecule has 1 aromatic carbocycles. The minimum atomic E-state index is -4.71. The lowest BCUT2D eigenvalue weighted by molar-refractivity contribution is -0.325. The average molecular weight is 489 g/mol. The number of benzene rings is 1. The standard InChI is InChI=1S/C21H20F5N3O5/c22-13-3-12-15(30)5-17(34-16(12)4-14(13)23)18(31)28-19-8-20(9-19,10-19)29-7-11(6-27-29)32-1-2-33-21(24,25)26/h3-4,6-7,15,17,30H,1-2,5,8-10H2,(H,28,31)/t15-,17-,19?,20?/m1/s1. The Morgan fingerprint density at radius 1 is 1.24 bits per heavy atom. The number of nitrogens with zero attached hydrogens (tertiary/aromatic N) is 2. The minimum Gasteiger partial charge on any atom is -0.488 e. The van der Waals surface area contributed by atoms with Crippen molar-refractivity contribution in [2.24, 2.45) is 0 Å². The van der Waals surface area contributed by atoms with Crippen molar-refractivity contribution >= 4 is 5.91 Å². The van der Waals surface area contributed by atoms with Crippen LogP contribution in [0.15, 0.2) is 24.5 Å². The van der Waals surface area contributed by atoms with E-state index in [2.05, 4.69) is 15.2 Å². The molecule has 2 atom stereocenters. The van der Waals surface area contributed by atoms with Crippen molar-refractivity contribution in [3.8, 4) is 11.5 Å². The summed E-state index contributed by atoms with van der Waals surface area (Å²) in [6.45, 7) is -0.927. The highest BCUT2D eigenvalue weighted by Gasteiger charge is 2.70. The number of nitrogens with one attached hydrogen (secondary N) is 1. The first-order valence-electron chi connectivity index (χ1n) is 10.5. The molecule has 3 fully saturated rings. The van der Waals surface area contributed by atoms with E-state index in [0.29, 0.717) is 25.0 Å². The van der Waals surface area contributed by atoms with Crippen LogP contribution in [0.2, 0.25) is 0 Å². The lowest BCUT2D eigenvalue weighted by atomic mass is 9.44. The number of aromatic nitrogens is 2. The smallest absolute Gasteiger partial charge is 0.488 e. The summed E-state index contributed by atoms with van der Waals surface area (Å²) in [5, 5.41) is 17.4. The Labute approximate surface area is 189 Å². The molecule has 1 aliphatic heterocycles. The Balaban J connectivity index is 1.13. The van der Waals surface area contributed by atoms with Crippen molar-refractivity contribution in [2.75, 3.05) is 13.2 Å². The predicted octanol–water partition coefficient (Wildman–Crippen LogP) is 2.71. The summed E-state index contributed by atoms with van der Waals surface area (Å²) in [6.07, 6.45) is -2.31. The molecule has 184 valence electrons. The maximum atomic E-state index is 13.5. The van der Waals surface area contributed by atoms with Crippen molar-refractivity contribution in [3.63, 3.8) is 0 Å². The predicted molar refractivity (Wildman–Crippen MR) is 103 cm³/mol. The number of carbonyl (C=O) groups is 1. The van der Waals surface area contributed by atoms with Gasteiger partial charge in [-0.2, -0.15) is 5.10 Å². The van der Waals surface area contributed by atoms with Gasteiger partial charge >= 0.3 is 6.36 Å². The molecule has 2 aromatic rings. The Morgan fingerprint density at radius 3 is 2.65 bits per heavy atom. The second kappa shape index (κ2) is 7.80. The molecule has 2 N–H and O–H groups in total. The van der Waals surface area contributed by atoms with Crippen molar-refractivity contribution in [1.82, 2.24) is 15.1 Å². The molecule has 8 nitrogen and oxygen atoms in total. The van der Waals surface area contributed by atoms with E-state index >= 15 is 0 Å². The van der Waals surface area contributed by atoms with Gasteiger partial charge in [0.2, 0.25) is 0 Å². The molecule has 4 aliphatic rings. The number of hydrogen-bond acceptors (Lipinski definition) is 6. The van der Waals surface area contributed by atoms with E-state index in [0.717, 1.165) is 12.1 Å². The third-order valence-corrected chi connectivity index (χ3v) is 6.46. The van der Waals surface area contributed by atoms with Gasteiger partial charge < -0.3 is 19.9 Å². The summed E-state index contributed by atoms with van der Waals surface area (Å²) in [6, 6.07) is 1.68. The van der Waals surface area contributed by atoms with Gasteiger partial charge in [-0.25, -0.2) is 8.78 Å². The van der Waals surface area contributed by atoms with E-state index in [-0.39, 0.29) is 29.9 Å². The van der Waals surface area contributed by atoms with Gasteiger partial charge in [0.15, 0.2) is 23.5 Å². The molecular formula is C21H20F5N3O5. The van der Waals surface area contributed by atoms with E-state index in [1.807, 2.05) is 0 Å². The maximum Gasteiger partial charge on any atom is 0.522 e. The largest absolute Gasteiger partial charge is 0.522 e. The van der Waals surface area contributed by atoms with E-state index in [4.69, 9.17) is 9.47 Å². The lowest BCUT2D eigenvalue weighted by Gasteiger charge is -2.70. The van der Waals surface area contributed by atoms with Crippen LogP contribution in [0.4, 0.5) is 22.0 Å². The number of halogens is 5. The Morgan fingerprint density at radius 2 is 1.94 bits per heavy atom. The van der Waals surface area contributed by atoms with Gasteiger partial charge in [-0.05, 0) is 25.3 Å². The van der Waals surface area contributed by atoms with Crippen molar-refractivity contribution in [1.29, 1.82) is 0 Å². The van der Waals surface area contributed by atoms with Crippen LogP contribution in [0.3, 0.4) is 0 Å². The fraction of sp³-hybridized carbons (Fsp3) is 0.524. The molecule has 0 unspecified atom stereocenters. The fourth-order valence-corrected chi connectivity index (χ4v) is 5.01. The van der Waals surface area contributed by atoms with E-state index in [1.54, 1.807) is 10.9 Å². The quantitative estimate of drug-likeness (QED) is 0.459. The summed E-state index contributed by atoms with van der Waals surface area (Å²) < 4.78 is 79.0. The van der Waals surface area contributed by atoms with E-state index in [9.17, 15) is 31.9 Å². The summed E-state index contributed by atoms with van der Waals surface area (Å²) in [5.41, 5.74) is -0.695. The van der Waals surface area contributed by atoms with Crippen LogP contribution < -0.4 is 14.8 Å². The number of aliphatic hydroxyl groups is 1. The highest BCUT2D eigenvalue weighted by atomic mass is 19.4. The summed E-state index contributed by atoms with van der Waals surface area (Å²) in [7, 11) is 0. The normalized spacial score (nSPS) is 29.4. The van der Waals surface area contributed by atoms with Crippen LogP contribution in [0, 0.1) is 11.6 Å². The fourth-order valence-electron chi connectivity index (χ4n) is 5.01. The Kier molecular flexibility index (Phi) is 5.24. The van der Waals surface area contributed by atoms with Gasteiger partial charge in [-0.1, -0.05) is 0 Å². The molecular weight excluding hydrogens is 469 g/mol. The molecule has 2 bridgehead atoms. The topological polar surface area (TPSA) is 94.8 Å². The highest BCUT2D eigenvalue weighted by molar-refractivity contribution is 5.83. The minimum absolute atomic E-state index is 0.0726. The van der Waals surface area contributed by atoms with E-state index in [1.165, 1.54) is 6.20 Å². The lowest BCUT2D eigenvalue weighted by Crippen LogP contribution is -2.79. The number of amides is 1. The number of hydrogen-bond donors (Lipinski definition) is 2. The third-order valence-electron chi connectivity index (χ3n) is 6.46. The monoisotopic (exact) mass is 489 g/mol. The molecule has 2 heterocycles. The molecule has 13 heteroatoms. The Hall–Kier alpha value is -2.93. The highest BCUT2D eigenvalue weighted by Crippen LogP contribution is 2.65. The number of alkyl halides is 3. The molecule has 0 radical (unpaired) electrons. The summed E-state index contributed by atoms with van der Waals surface area (Å²) in [5.74, 6) is -2.47. The van der Waals surface area contributed by atoms with Crippen LogP contribution in [-0.2, 0) is 15.1 Å². The first-order chi connectivity index (χ1) is 16.0.